The summed E-state index contributed by atoms with van der Waals surface area (Å²) in [5.74, 6) is -0.840. The van der Waals surface area contributed by atoms with Crippen molar-refractivity contribution < 1.29 is 9.59 Å². The van der Waals surface area contributed by atoms with Crippen LogP contribution in [0.25, 0.3) is 0 Å². The molecule has 0 spiro atoms. The van der Waals surface area contributed by atoms with Gasteiger partial charge in [-0.1, -0.05) is 60.7 Å². The first-order valence-electron chi connectivity index (χ1n) is 9.65. The summed E-state index contributed by atoms with van der Waals surface area (Å²) in [6.07, 6.45) is 1.90. The molecule has 6 nitrogen and oxygen atoms in total. The summed E-state index contributed by atoms with van der Waals surface area (Å²) in [6, 6.07) is 23.3. The van der Waals surface area contributed by atoms with E-state index in [1.807, 2.05) is 66.7 Å². The molecular weight excluding hydrogens is 376 g/mol. The zero-order valence-corrected chi connectivity index (χ0v) is 16.2. The number of nitrogens with zero attached hydrogens (tertiary/aromatic N) is 3. The molecule has 4 rings (SSSR count). The minimum absolute atomic E-state index is 0.185. The number of primary amides is 1. The second-order valence-corrected chi connectivity index (χ2v) is 7.27. The lowest BCUT2D eigenvalue weighted by Crippen LogP contribution is -2.44. The molecule has 1 saturated heterocycles. The summed E-state index contributed by atoms with van der Waals surface area (Å²) in [6.45, 7) is 0.359. The van der Waals surface area contributed by atoms with Crippen LogP contribution in [0.1, 0.15) is 34.8 Å². The lowest BCUT2D eigenvalue weighted by Gasteiger charge is -2.31. The molecule has 0 bridgehead atoms. The molecule has 1 atom stereocenters. The number of amides is 2. The third kappa shape index (κ3) is 3.11. The Labute approximate surface area is 174 Å². The van der Waals surface area contributed by atoms with Gasteiger partial charge in [0.15, 0.2) is 6.04 Å². The van der Waals surface area contributed by atoms with E-state index in [4.69, 9.17) is 11.0 Å². The average Bonchev–Trinajstić information content (AvgIpc) is 3.13. The van der Waals surface area contributed by atoms with Gasteiger partial charge in [-0.3, -0.25) is 14.6 Å². The molecule has 2 amide bonds. The van der Waals surface area contributed by atoms with Gasteiger partial charge >= 0.3 is 0 Å². The fourth-order valence-corrected chi connectivity index (χ4v) is 4.23. The number of nitrogens with two attached hydrogens (primary N) is 1. The summed E-state index contributed by atoms with van der Waals surface area (Å²) in [5, 5.41) is 9.00. The number of benzene rings is 2. The number of hydrogen-bond acceptors (Lipinski definition) is 4. The van der Waals surface area contributed by atoms with Gasteiger partial charge in [-0.2, -0.15) is 5.26 Å². The molecule has 3 aromatic rings. The third-order valence-corrected chi connectivity index (χ3v) is 5.66. The third-order valence-electron chi connectivity index (χ3n) is 5.66. The van der Waals surface area contributed by atoms with Crippen LogP contribution in [0.15, 0.2) is 79.0 Å². The Morgan fingerprint density at radius 1 is 1.03 bits per heavy atom. The summed E-state index contributed by atoms with van der Waals surface area (Å²) in [7, 11) is 0. The minimum atomic E-state index is -1.00. The van der Waals surface area contributed by atoms with E-state index in [0.29, 0.717) is 24.2 Å². The summed E-state index contributed by atoms with van der Waals surface area (Å²) >= 11 is 0. The topological polar surface area (TPSA) is 100 Å². The van der Waals surface area contributed by atoms with Crippen LogP contribution in [-0.4, -0.2) is 28.2 Å². The number of carbonyl (C=O) groups is 2. The largest absolute Gasteiger partial charge is 0.368 e. The van der Waals surface area contributed by atoms with Crippen molar-refractivity contribution in [3.63, 3.8) is 0 Å². The average molecular weight is 396 g/mol. The molecule has 0 aliphatic carbocycles. The van der Waals surface area contributed by atoms with Crippen molar-refractivity contribution in [2.24, 2.45) is 5.73 Å². The maximum atomic E-state index is 13.9. The molecule has 1 aliphatic rings. The Bertz CT molecular complexity index is 1070. The van der Waals surface area contributed by atoms with E-state index in [9.17, 15) is 9.59 Å². The van der Waals surface area contributed by atoms with E-state index in [2.05, 4.69) is 4.98 Å². The zero-order valence-electron chi connectivity index (χ0n) is 16.2. The first kappa shape index (κ1) is 19.3. The van der Waals surface area contributed by atoms with Crippen LogP contribution in [0.5, 0.6) is 0 Å². The second kappa shape index (κ2) is 7.80. The second-order valence-electron chi connectivity index (χ2n) is 7.27. The highest BCUT2D eigenvalue weighted by Gasteiger charge is 2.52. The van der Waals surface area contributed by atoms with Gasteiger partial charge < -0.3 is 10.6 Å². The van der Waals surface area contributed by atoms with Gasteiger partial charge in [0.1, 0.15) is 11.5 Å². The summed E-state index contributed by atoms with van der Waals surface area (Å²) < 4.78 is 0. The van der Waals surface area contributed by atoms with E-state index < -0.39 is 17.4 Å². The molecule has 1 fully saturated rings. The molecule has 1 unspecified atom stereocenters. The Hall–Kier alpha value is -3.98. The van der Waals surface area contributed by atoms with Crippen LogP contribution in [0, 0.1) is 11.3 Å². The Balaban J connectivity index is 1.80. The van der Waals surface area contributed by atoms with Gasteiger partial charge in [-0.25, -0.2) is 0 Å². The van der Waals surface area contributed by atoms with Gasteiger partial charge in [0.25, 0.3) is 0 Å². The van der Waals surface area contributed by atoms with Crippen LogP contribution in [0.3, 0.4) is 0 Å². The fourth-order valence-electron chi connectivity index (χ4n) is 4.23. The predicted molar refractivity (Wildman–Crippen MR) is 111 cm³/mol. The minimum Gasteiger partial charge on any atom is -0.368 e. The van der Waals surface area contributed by atoms with E-state index >= 15 is 0 Å². The van der Waals surface area contributed by atoms with E-state index in [1.165, 1.54) is 11.1 Å². The number of hydrogen-bond donors (Lipinski definition) is 1. The summed E-state index contributed by atoms with van der Waals surface area (Å²) in [5.41, 5.74) is 7.29. The molecular formula is C24H20N4O2. The van der Waals surface area contributed by atoms with Crippen molar-refractivity contribution in [3.8, 4) is 6.07 Å². The highest BCUT2D eigenvalue weighted by molar-refractivity contribution is 5.97. The molecule has 30 heavy (non-hydrogen) atoms. The van der Waals surface area contributed by atoms with Crippen LogP contribution < -0.4 is 5.73 Å². The van der Waals surface area contributed by atoms with Crippen LogP contribution in [0.2, 0.25) is 0 Å². The molecule has 0 radical (unpaired) electrons. The first-order valence-corrected chi connectivity index (χ1v) is 9.65. The normalized spacial score (nSPS) is 16.1. The highest BCUT2D eigenvalue weighted by atomic mass is 16.2. The molecule has 2 aromatic carbocycles. The van der Waals surface area contributed by atoms with Gasteiger partial charge in [0.2, 0.25) is 11.8 Å². The fraction of sp³-hybridized carbons (Fsp3) is 0.167. The number of carbonyl (C=O) groups excluding carboxylic acids is 2. The van der Waals surface area contributed by atoms with Gasteiger partial charge in [-0.15, -0.1) is 0 Å². The molecule has 148 valence electrons. The number of nitriles is 1. The molecule has 0 saturated carbocycles. The lowest BCUT2D eigenvalue weighted by atomic mass is 9.73. The SMILES string of the molecule is N#Cc1ccc(C(C(N)=O)N2CCC(c3ccccc3)(c3ccccc3)C2=O)nc1. The van der Waals surface area contributed by atoms with Gasteiger partial charge in [0.05, 0.1) is 11.3 Å². The zero-order chi connectivity index (χ0) is 21.1. The number of rotatable bonds is 5. The van der Waals surface area contributed by atoms with Crippen molar-refractivity contribution >= 4 is 11.8 Å². The van der Waals surface area contributed by atoms with Gasteiger partial charge in [0, 0.05) is 12.7 Å². The molecule has 1 aromatic heterocycles. The predicted octanol–water partition coefficient (Wildman–Crippen LogP) is 2.70. The maximum Gasteiger partial charge on any atom is 0.246 e. The molecule has 2 heterocycles. The number of likely N-dealkylation sites (tertiary alicyclic amines) is 1. The standard InChI is InChI=1S/C24H20N4O2/c25-15-17-11-12-20(27-16-17)21(22(26)29)28-14-13-24(23(28)30,18-7-3-1-4-8-18)19-9-5-2-6-10-19/h1-12,16,21H,13-14H2,(H2,26,29). The van der Waals surface area contributed by atoms with Gasteiger partial charge in [-0.05, 0) is 29.7 Å². The number of aromatic nitrogens is 1. The monoisotopic (exact) mass is 396 g/mol. The van der Waals surface area contributed by atoms with Crippen molar-refractivity contribution in [3.05, 3.63) is 101 Å². The smallest absolute Gasteiger partial charge is 0.246 e. The Morgan fingerprint density at radius 3 is 2.10 bits per heavy atom. The molecule has 1 aliphatic heterocycles. The number of pyridine rings is 1. The molecule has 2 N–H and O–H groups in total. The highest BCUT2D eigenvalue weighted by Crippen LogP contribution is 2.44. The van der Waals surface area contributed by atoms with E-state index in [1.54, 1.807) is 12.1 Å². The van der Waals surface area contributed by atoms with Crippen LogP contribution in [-0.2, 0) is 15.0 Å². The van der Waals surface area contributed by atoms with Crippen molar-refractivity contribution in [1.82, 2.24) is 9.88 Å². The maximum absolute atomic E-state index is 13.9. The lowest BCUT2D eigenvalue weighted by molar-refractivity contribution is -0.138. The Kier molecular flexibility index (Phi) is 5.03. The first-order chi connectivity index (χ1) is 14.6. The van der Waals surface area contributed by atoms with E-state index in [0.717, 1.165) is 11.1 Å². The van der Waals surface area contributed by atoms with E-state index in [-0.39, 0.29) is 5.91 Å². The van der Waals surface area contributed by atoms with Crippen LogP contribution in [0.4, 0.5) is 0 Å². The Morgan fingerprint density at radius 2 is 1.63 bits per heavy atom. The summed E-state index contributed by atoms with van der Waals surface area (Å²) in [4.78, 5) is 32.0. The quantitative estimate of drug-likeness (QED) is 0.716. The molecule has 6 heteroatoms. The van der Waals surface area contributed by atoms with Crippen molar-refractivity contribution in [1.29, 1.82) is 5.26 Å². The van der Waals surface area contributed by atoms with Crippen molar-refractivity contribution in [2.45, 2.75) is 17.9 Å². The van der Waals surface area contributed by atoms with Crippen LogP contribution >= 0.6 is 0 Å². The van der Waals surface area contributed by atoms with Crippen molar-refractivity contribution in [2.75, 3.05) is 6.54 Å².